The molecule has 0 amide bonds. The lowest BCUT2D eigenvalue weighted by atomic mass is 9.87. The first-order chi connectivity index (χ1) is 10.1. The maximum absolute atomic E-state index is 9.67. The average molecular weight is 291 g/mol. The summed E-state index contributed by atoms with van der Waals surface area (Å²) in [5.41, 5.74) is 8.65. The second kappa shape index (κ2) is 7.43. The fourth-order valence-corrected chi connectivity index (χ4v) is 2.97. The molecule has 5 nitrogen and oxygen atoms in total. The molecule has 0 spiro atoms. The zero-order chi connectivity index (χ0) is 15.2. The summed E-state index contributed by atoms with van der Waals surface area (Å²) in [6.45, 7) is 3.77. The van der Waals surface area contributed by atoms with Crippen LogP contribution in [-0.4, -0.2) is 28.8 Å². The molecule has 2 atom stereocenters. The molecule has 0 saturated heterocycles. The molecule has 5 N–H and O–H groups in total. The third-order valence-corrected chi connectivity index (χ3v) is 4.25. The number of benzene rings is 1. The summed E-state index contributed by atoms with van der Waals surface area (Å²) in [6, 6.07) is 5.80. The quantitative estimate of drug-likeness (QED) is 0.288. The first-order valence-corrected chi connectivity index (χ1v) is 7.56. The van der Waals surface area contributed by atoms with E-state index in [1.54, 1.807) is 0 Å². The molecule has 1 aliphatic carbocycles. The molecule has 5 heteroatoms. The molecular weight excluding hydrogens is 266 g/mol. The third-order valence-electron chi connectivity index (χ3n) is 4.25. The van der Waals surface area contributed by atoms with Crippen molar-refractivity contribution in [2.45, 2.75) is 45.3 Å². The molecule has 21 heavy (non-hydrogen) atoms. The largest absolute Gasteiger partial charge is 0.409 e. The number of amidine groups is 1. The highest BCUT2D eigenvalue weighted by molar-refractivity contribution is 5.97. The van der Waals surface area contributed by atoms with Gasteiger partial charge in [-0.2, -0.15) is 0 Å². The van der Waals surface area contributed by atoms with E-state index in [0.717, 1.165) is 43.5 Å². The van der Waals surface area contributed by atoms with Gasteiger partial charge in [0.1, 0.15) is 0 Å². The lowest BCUT2D eigenvalue weighted by Crippen LogP contribution is -2.29. The minimum Gasteiger partial charge on any atom is -0.409 e. The van der Waals surface area contributed by atoms with Gasteiger partial charge in [-0.25, -0.2) is 0 Å². The summed E-state index contributed by atoms with van der Waals surface area (Å²) in [5.74, 6) is 0.708. The Morgan fingerprint density at radius 1 is 1.43 bits per heavy atom. The van der Waals surface area contributed by atoms with Crippen LogP contribution in [0.4, 0.5) is 0 Å². The Kier molecular flexibility index (Phi) is 5.59. The lowest BCUT2D eigenvalue weighted by Gasteiger charge is -2.26. The number of hydrogen-bond acceptors (Lipinski definition) is 4. The molecule has 0 heterocycles. The summed E-state index contributed by atoms with van der Waals surface area (Å²) in [4.78, 5) is 0. The molecule has 1 aromatic carbocycles. The first kappa shape index (κ1) is 15.8. The highest BCUT2D eigenvalue weighted by Crippen LogP contribution is 2.23. The Labute approximate surface area is 125 Å². The predicted octanol–water partition coefficient (Wildman–Crippen LogP) is 1.73. The van der Waals surface area contributed by atoms with E-state index >= 15 is 0 Å². The molecule has 1 saturated carbocycles. The summed E-state index contributed by atoms with van der Waals surface area (Å²) >= 11 is 0. The van der Waals surface area contributed by atoms with E-state index in [0.29, 0.717) is 5.92 Å². The Bertz CT molecular complexity index is 502. The van der Waals surface area contributed by atoms with Crippen LogP contribution in [0.2, 0.25) is 0 Å². The highest BCUT2D eigenvalue weighted by Gasteiger charge is 2.19. The zero-order valence-electron chi connectivity index (χ0n) is 12.5. The number of hydrogen-bond donors (Lipinski definition) is 4. The molecule has 2 unspecified atom stereocenters. The van der Waals surface area contributed by atoms with Gasteiger partial charge in [0.05, 0.1) is 6.10 Å². The predicted molar refractivity (Wildman–Crippen MR) is 83.4 cm³/mol. The van der Waals surface area contributed by atoms with Gasteiger partial charge in [-0.1, -0.05) is 23.7 Å². The van der Waals surface area contributed by atoms with Gasteiger partial charge in [-0.15, -0.1) is 0 Å². The topological polar surface area (TPSA) is 90.9 Å². The van der Waals surface area contributed by atoms with Crippen LogP contribution in [0.5, 0.6) is 0 Å². The van der Waals surface area contributed by atoms with Gasteiger partial charge in [0, 0.05) is 12.1 Å². The zero-order valence-corrected chi connectivity index (χ0v) is 12.5. The SMILES string of the molecule is Cc1cc(/C(N)=N/O)ccc1CNCC1CCCC(O)C1. The summed E-state index contributed by atoms with van der Waals surface area (Å²) in [5, 5.41) is 24.8. The Hall–Kier alpha value is -1.59. The number of oxime groups is 1. The fraction of sp³-hybridized carbons (Fsp3) is 0.562. The van der Waals surface area contributed by atoms with Crippen LogP contribution in [0, 0.1) is 12.8 Å². The van der Waals surface area contributed by atoms with Crippen molar-refractivity contribution in [3.8, 4) is 0 Å². The second-order valence-corrected chi connectivity index (χ2v) is 5.94. The van der Waals surface area contributed by atoms with Gasteiger partial charge in [0.15, 0.2) is 5.84 Å². The summed E-state index contributed by atoms with van der Waals surface area (Å²) < 4.78 is 0. The standard InChI is InChI=1S/C16H25N3O2/c1-11-7-13(16(17)19-21)5-6-14(11)10-18-9-12-3-2-4-15(20)8-12/h5-7,12,15,18,20-21H,2-4,8-10H2,1H3,(H2,17,19). The molecule has 0 aromatic heterocycles. The van der Waals surface area contributed by atoms with E-state index in [2.05, 4.69) is 10.5 Å². The van der Waals surface area contributed by atoms with E-state index in [1.807, 2.05) is 25.1 Å². The Morgan fingerprint density at radius 2 is 2.24 bits per heavy atom. The number of nitrogens with zero attached hydrogens (tertiary/aromatic N) is 1. The Balaban J connectivity index is 1.86. The number of aliphatic hydroxyl groups excluding tert-OH is 1. The van der Waals surface area contributed by atoms with Gasteiger partial charge in [-0.3, -0.25) is 0 Å². The Morgan fingerprint density at radius 3 is 2.90 bits per heavy atom. The normalized spacial score (nSPS) is 23.2. The molecule has 0 aliphatic heterocycles. The van der Waals surface area contributed by atoms with Gasteiger partial charge in [0.2, 0.25) is 0 Å². The van der Waals surface area contributed by atoms with Crippen LogP contribution in [0.15, 0.2) is 23.4 Å². The minimum absolute atomic E-state index is 0.118. The average Bonchev–Trinajstić information content (AvgIpc) is 2.48. The second-order valence-electron chi connectivity index (χ2n) is 5.94. The van der Waals surface area contributed by atoms with Crippen molar-refractivity contribution in [3.05, 3.63) is 34.9 Å². The van der Waals surface area contributed by atoms with Gasteiger partial charge in [-0.05, 0) is 55.8 Å². The number of aryl methyl sites for hydroxylation is 1. The maximum Gasteiger partial charge on any atom is 0.170 e. The van der Waals surface area contributed by atoms with Gasteiger partial charge in [0.25, 0.3) is 0 Å². The lowest BCUT2D eigenvalue weighted by molar-refractivity contribution is 0.101. The molecule has 1 aliphatic rings. The van der Waals surface area contributed by atoms with Gasteiger partial charge >= 0.3 is 0 Å². The van der Waals surface area contributed by atoms with E-state index in [9.17, 15) is 5.11 Å². The van der Waals surface area contributed by atoms with Crippen LogP contribution >= 0.6 is 0 Å². The molecular formula is C16H25N3O2. The molecule has 0 radical (unpaired) electrons. The minimum atomic E-state index is -0.118. The van der Waals surface area contributed by atoms with Crippen LogP contribution < -0.4 is 11.1 Å². The van der Waals surface area contributed by atoms with Crippen LogP contribution in [0.3, 0.4) is 0 Å². The fourth-order valence-electron chi connectivity index (χ4n) is 2.97. The van der Waals surface area contributed by atoms with E-state index in [1.165, 1.54) is 12.0 Å². The summed E-state index contributed by atoms with van der Waals surface area (Å²) in [7, 11) is 0. The van der Waals surface area contributed by atoms with Crippen LogP contribution in [-0.2, 0) is 6.54 Å². The third kappa shape index (κ3) is 4.44. The number of nitrogens with one attached hydrogen (secondary N) is 1. The molecule has 1 fully saturated rings. The number of aliphatic hydroxyl groups is 1. The maximum atomic E-state index is 9.67. The van der Waals surface area contributed by atoms with E-state index in [4.69, 9.17) is 10.9 Å². The molecule has 0 bridgehead atoms. The van der Waals surface area contributed by atoms with Crippen molar-refractivity contribution in [3.63, 3.8) is 0 Å². The highest BCUT2D eigenvalue weighted by atomic mass is 16.4. The van der Waals surface area contributed by atoms with Crippen molar-refractivity contribution < 1.29 is 10.3 Å². The molecule has 116 valence electrons. The number of rotatable bonds is 5. The van der Waals surface area contributed by atoms with E-state index in [-0.39, 0.29) is 11.9 Å². The van der Waals surface area contributed by atoms with E-state index < -0.39 is 0 Å². The number of nitrogens with two attached hydrogens (primary N) is 1. The molecule has 1 aromatic rings. The monoisotopic (exact) mass is 291 g/mol. The van der Waals surface area contributed by atoms with Crippen molar-refractivity contribution in [1.82, 2.24) is 5.32 Å². The van der Waals surface area contributed by atoms with Crippen LogP contribution in [0.25, 0.3) is 0 Å². The smallest absolute Gasteiger partial charge is 0.170 e. The van der Waals surface area contributed by atoms with Crippen molar-refractivity contribution in [2.24, 2.45) is 16.8 Å². The van der Waals surface area contributed by atoms with Crippen molar-refractivity contribution >= 4 is 5.84 Å². The van der Waals surface area contributed by atoms with Crippen molar-refractivity contribution in [1.29, 1.82) is 0 Å². The van der Waals surface area contributed by atoms with Crippen molar-refractivity contribution in [2.75, 3.05) is 6.54 Å². The van der Waals surface area contributed by atoms with Gasteiger partial charge < -0.3 is 21.4 Å². The first-order valence-electron chi connectivity index (χ1n) is 7.56. The molecule has 2 rings (SSSR count). The summed E-state index contributed by atoms with van der Waals surface area (Å²) in [6.07, 6.45) is 4.07. The van der Waals surface area contributed by atoms with Crippen LogP contribution in [0.1, 0.15) is 42.4 Å².